The Morgan fingerprint density at radius 2 is 1.86 bits per heavy atom. The predicted octanol–water partition coefficient (Wildman–Crippen LogP) is 7.55. The molecule has 2 unspecified atom stereocenters. The average molecular weight is 535 g/mol. The highest BCUT2D eigenvalue weighted by Crippen LogP contribution is 2.33. The highest BCUT2D eigenvalue weighted by Gasteiger charge is 2.23. The fraction of sp³-hybridized carbons (Fsp3) is 0.333. The van der Waals surface area contributed by atoms with Crippen LogP contribution in [0.1, 0.15) is 42.7 Å². The van der Waals surface area contributed by atoms with Gasteiger partial charge in [-0.05, 0) is 56.5 Å². The van der Waals surface area contributed by atoms with Crippen LogP contribution in [0.2, 0.25) is 15.1 Å². The Morgan fingerprint density at radius 1 is 1.17 bits per heavy atom. The van der Waals surface area contributed by atoms with Gasteiger partial charge in [0.05, 0.1) is 29.1 Å². The van der Waals surface area contributed by atoms with Crippen LogP contribution in [0.3, 0.4) is 0 Å². The van der Waals surface area contributed by atoms with Gasteiger partial charge in [-0.2, -0.15) is 5.10 Å². The summed E-state index contributed by atoms with van der Waals surface area (Å²) in [6.07, 6.45) is 3.91. The maximum absolute atomic E-state index is 13.1. The molecule has 0 saturated carbocycles. The lowest BCUT2D eigenvalue weighted by Gasteiger charge is -2.21. The van der Waals surface area contributed by atoms with E-state index in [9.17, 15) is 4.79 Å². The maximum Gasteiger partial charge on any atom is 0.272 e. The molecule has 0 fully saturated rings. The van der Waals surface area contributed by atoms with E-state index < -0.39 is 0 Å². The van der Waals surface area contributed by atoms with Gasteiger partial charge in [-0.1, -0.05) is 66.4 Å². The van der Waals surface area contributed by atoms with Gasteiger partial charge in [0, 0.05) is 27.7 Å². The molecule has 1 aromatic heterocycles. The number of allylic oxidation sites excluding steroid dienone is 1. The molecule has 0 aliphatic heterocycles. The smallest absolute Gasteiger partial charge is 0.272 e. The summed E-state index contributed by atoms with van der Waals surface area (Å²) in [7, 11) is 0. The highest BCUT2D eigenvalue weighted by molar-refractivity contribution is 6.35. The predicted molar refractivity (Wildman–Crippen MR) is 145 cm³/mol. The van der Waals surface area contributed by atoms with Crippen molar-refractivity contribution < 1.29 is 9.53 Å². The number of ether oxygens (including phenoxy) is 1. The molecule has 1 heterocycles. The molecule has 0 aliphatic rings. The summed E-state index contributed by atoms with van der Waals surface area (Å²) in [4.78, 5) is 13.1. The SMILES string of the molecule is C=CCC(CC)C(C)OCCNC(=O)c1nn(-c2ccc(Cl)cc2Cl)c(-c2ccc(Cl)cc2)c1C. The van der Waals surface area contributed by atoms with Gasteiger partial charge in [0.2, 0.25) is 0 Å². The fourth-order valence-electron chi connectivity index (χ4n) is 4.02. The zero-order valence-corrected chi connectivity index (χ0v) is 22.4. The van der Waals surface area contributed by atoms with E-state index in [0.29, 0.717) is 45.5 Å². The summed E-state index contributed by atoms with van der Waals surface area (Å²) in [5.74, 6) is 0.128. The molecular formula is C27H30Cl3N3O2. The molecule has 35 heavy (non-hydrogen) atoms. The van der Waals surface area contributed by atoms with E-state index in [1.165, 1.54) is 0 Å². The molecule has 5 nitrogen and oxygen atoms in total. The first-order valence-corrected chi connectivity index (χ1v) is 12.7. The van der Waals surface area contributed by atoms with Crippen LogP contribution in [0.25, 0.3) is 16.9 Å². The summed E-state index contributed by atoms with van der Waals surface area (Å²) < 4.78 is 7.61. The van der Waals surface area contributed by atoms with Gasteiger partial charge in [-0.3, -0.25) is 4.79 Å². The number of hydrogen-bond donors (Lipinski definition) is 1. The minimum absolute atomic E-state index is 0.0828. The average Bonchev–Trinajstić information content (AvgIpc) is 3.17. The first-order valence-electron chi connectivity index (χ1n) is 11.6. The fourth-order valence-corrected chi connectivity index (χ4v) is 4.63. The van der Waals surface area contributed by atoms with Gasteiger partial charge in [0.15, 0.2) is 5.69 Å². The van der Waals surface area contributed by atoms with E-state index in [2.05, 4.69) is 30.8 Å². The lowest BCUT2D eigenvalue weighted by Crippen LogP contribution is -2.30. The molecule has 3 rings (SSSR count). The van der Waals surface area contributed by atoms with Crippen molar-refractivity contribution in [1.82, 2.24) is 15.1 Å². The largest absolute Gasteiger partial charge is 0.376 e. The van der Waals surface area contributed by atoms with Gasteiger partial charge < -0.3 is 10.1 Å². The topological polar surface area (TPSA) is 56.1 Å². The highest BCUT2D eigenvalue weighted by atomic mass is 35.5. The van der Waals surface area contributed by atoms with Crippen LogP contribution in [0.15, 0.2) is 55.1 Å². The third-order valence-corrected chi connectivity index (χ3v) is 6.81. The molecule has 1 amide bonds. The van der Waals surface area contributed by atoms with Gasteiger partial charge in [-0.25, -0.2) is 4.68 Å². The van der Waals surface area contributed by atoms with Crippen LogP contribution in [-0.2, 0) is 4.74 Å². The van der Waals surface area contributed by atoms with Gasteiger partial charge in [-0.15, -0.1) is 6.58 Å². The Hall–Kier alpha value is -2.31. The van der Waals surface area contributed by atoms with Crippen LogP contribution >= 0.6 is 34.8 Å². The first kappa shape index (κ1) is 27.3. The van der Waals surface area contributed by atoms with Crippen molar-refractivity contribution in [2.75, 3.05) is 13.2 Å². The molecule has 2 atom stereocenters. The summed E-state index contributed by atoms with van der Waals surface area (Å²) in [5.41, 5.74) is 3.26. The van der Waals surface area contributed by atoms with E-state index in [0.717, 1.165) is 29.7 Å². The number of amides is 1. The van der Waals surface area contributed by atoms with Crippen LogP contribution in [0.5, 0.6) is 0 Å². The molecule has 186 valence electrons. The van der Waals surface area contributed by atoms with E-state index in [1.54, 1.807) is 35.0 Å². The van der Waals surface area contributed by atoms with E-state index in [1.807, 2.05) is 25.1 Å². The third-order valence-electron chi connectivity index (χ3n) is 6.02. The second-order valence-corrected chi connectivity index (χ2v) is 9.64. The lowest BCUT2D eigenvalue weighted by atomic mass is 9.97. The van der Waals surface area contributed by atoms with Crippen molar-refractivity contribution in [3.63, 3.8) is 0 Å². The zero-order chi connectivity index (χ0) is 25.5. The summed E-state index contributed by atoms with van der Waals surface area (Å²) in [5, 5.41) is 9.13. The molecule has 0 bridgehead atoms. The number of rotatable bonds is 11. The van der Waals surface area contributed by atoms with Crippen molar-refractivity contribution in [1.29, 1.82) is 0 Å². The van der Waals surface area contributed by atoms with Crippen molar-refractivity contribution in [2.24, 2.45) is 5.92 Å². The molecule has 0 radical (unpaired) electrons. The molecule has 0 aliphatic carbocycles. The molecule has 2 aromatic carbocycles. The Kier molecular flexibility index (Phi) is 9.81. The van der Waals surface area contributed by atoms with Gasteiger partial charge in [0.25, 0.3) is 5.91 Å². The van der Waals surface area contributed by atoms with Crippen LogP contribution in [0.4, 0.5) is 0 Å². The summed E-state index contributed by atoms with van der Waals surface area (Å²) >= 11 is 18.7. The number of nitrogens with one attached hydrogen (secondary N) is 1. The van der Waals surface area contributed by atoms with Crippen molar-refractivity contribution >= 4 is 40.7 Å². The zero-order valence-electron chi connectivity index (χ0n) is 20.2. The lowest BCUT2D eigenvalue weighted by molar-refractivity contribution is 0.0259. The monoisotopic (exact) mass is 533 g/mol. The van der Waals surface area contributed by atoms with Crippen LogP contribution in [-0.4, -0.2) is 34.9 Å². The standard InChI is InChI=1S/C27H30Cl3N3O2/c1-5-7-19(6-2)18(4)35-15-14-31-27(34)25-17(3)26(20-8-10-21(28)11-9-20)33(32-25)24-13-12-22(29)16-23(24)30/h5,8-13,16,18-19H,1,6-7,14-15H2,2-4H3,(H,31,34). The number of aromatic nitrogens is 2. The van der Waals surface area contributed by atoms with E-state index in [4.69, 9.17) is 39.5 Å². The second-order valence-electron chi connectivity index (χ2n) is 8.36. The number of benzene rings is 2. The Labute approximate surface area is 222 Å². The van der Waals surface area contributed by atoms with Crippen molar-refractivity contribution in [2.45, 2.75) is 39.7 Å². The molecule has 1 N–H and O–H groups in total. The molecular weight excluding hydrogens is 505 g/mol. The quantitative estimate of drug-likeness (QED) is 0.204. The van der Waals surface area contributed by atoms with Gasteiger partial charge in [0.1, 0.15) is 0 Å². The van der Waals surface area contributed by atoms with Gasteiger partial charge >= 0.3 is 0 Å². The molecule has 0 saturated heterocycles. The van der Waals surface area contributed by atoms with Crippen molar-refractivity contribution in [3.05, 3.63) is 81.4 Å². The normalized spacial score (nSPS) is 12.9. The first-order chi connectivity index (χ1) is 16.8. The summed E-state index contributed by atoms with van der Waals surface area (Å²) in [6, 6.07) is 12.5. The molecule has 0 spiro atoms. The molecule has 3 aromatic rings. The Balaban J connectivity index is 1.84. The minimum Gasteiger partial charge on any atom is -0.376 e. The summed E-state index contributed by atoms with van der Waals surface area (Å²) in [6.45, 7) is 10.7. The number of hydrogen-bond acceptors (Lipinski definition) is 3. The number of halogens is 3. The van der Waals surface area contributed by atoms with Crippen LogP contribution < -0.4 is 5.32 Å². The number of carbonyl (C=O) groups is 1. The molecule has 8 heteroatoms. The third kappa shape index (κ3) is 6.68. The van der Waals surface area contributed by atoms with E-state index >= 15 is 0 Å². The number of nitrogens with zero attached hydrogens (tertiary/aromatic N) is 2. The van der Waals surface area contributed by atoms with Crippen LogP contribution in [0, 0.1) is 12.8 Å². The second kappa shape index (κ2) is 12.6. The number of carbonyl (C=O) groups excluding carboxylic acids is 1. The Morgan fingerprint density at radius 3 is 2.49 bits per heavy atom. The maximum atomic E-state index is 13.1. The van der Waals surface area contributed by atoms with E-state index in [-0.39, 0.29) is 12.0 Å². The Bertz CT molecular complexity index is 1180. The minimum atomic E-state index is -0.282. The van der Waals surface area contributed by atoms with Crippen molar-refractivity contribution in [3.8, 4) is 16.9 Å².